The van der Waals surface area contributed by atoms with Gasteiger partial charge in [0.15, 0.2) is 6.10 Å². The zero-order chi connectivity index (χ0) is 15.2. The number of carbonyl (C=O) groups is 2. The van der Waals surface area contributed by atoms with Crippen LogP contribution in [0.15, 0.2) is 29.2 Å². The summed E-state index contributed by atoms with van der Waals surface area (Å²) in [5, 5.41) is 0. The SMILES string of the molecule is C[C@@H](OC(=O)c1ccccc1SC[C@@H]1CCCO1)C(N)=O. The predicted molar refractivity (Wildman–Crippen MR) is 80.2 cm³/mol. The summed E-state index contributed by atoms with van der Waals surface area (Å²) in [7, 11) is 0. The van der Waals surface area contributed by atoms with E-state index in [4.69, 9.17) is 15.2 Å². The molecule has 6 heteroatoms. The van der Waals surface area contributed by atoms with Crippen molar-refractivity contribution in [2.75, 3.05) is 12.4 Å². The molecule has 0 aliphatic carbocycles. The molecule has 1 aromatic rings. The number of esters is 1. The van der Waals surface area contributed by atoms with Crippen LogP contribution in [0.1, 0.15) is 30.1 Å². The average molecular weight is 309 g/mol. The summed E-state index contributed by atoms with van der Waals surface area (Å²) in [6, 6.07) is 7.19. The highest BCUT2D eigenvalue weighted by Gasteiger charge is 2.20. The minimum Gasteiger partial charge on any atom is -0.449 e. The lowest BCUT2D eigenvalue weighted by atomic mass is 10.2. The van der Waals surface area contributed by atoms with E-state index in [1.165, 1.54) is 6.92 Å². The van der Waals surface area contributed by atoms with Crippen molar-refractivity contribution in [3.05, 3.63) is 29.8 Å². The molecule has 0 unspecified atom stereocenters. The topological polar surface area (TPSA) is 78.6 Å². The smallest absolute Gasteiger partial charge is 0.340 e. The maximum absolute atomic E-state index is 12.1. The molecule has 21 heavy (non-hydrogen) atoms. The van der Waals surface area contributed by atoms with E-state index in [9.17, 15) is 9.59 Å². The first-order chi connectivity index (χ1) is 10.1. The molecule has 1 aliphatic rings. The zero-order valence-corrected chi connectivity index (χ0v) is 12.7. The van der Waals surface area contributed by atoms with Gasteiger partial charge in [-0.2, -0.15) is 0 Å². The Morgan fingerprint density at radius 3 is 2.90 bits per heavy atom. The van der Waals surface area contributed by atoms with Crippen LogP contribution in [0, 0.1) is 0 Å². The molecule has 0 radical (unpaired) electrons. The fourth-order valence-corrected chi connectivity index (χ4v) is 3.11. The molecular formula is C15H19NO4S. The van der Waals surface area contributed by atoms with Gasteiger partial charge in [-0.05, 0) is 31.9 Å². The standard InChI is InChI=1S/C15H19NO4S/c1-10(14(16)17)20-15(18)12-6-2-3-7-13(12)21-9-11-5-4-8-19-11/h2-3,6-7,10-11H,4-5,8-9H2,1H3,(H2,16,17)/t10-,11+/m1/s1. The van der Waals surface area contributed by atoms with Crippen molar-refractivity contribution in [1.29, 1.82) is 0 Å². The quantitative estimate of drug-likeness (QED) is 0.642. The Kier molecular flexibility index (Phi) is 5.64. The lowest BCUT2D eigenvalue weighted by Gasteiger charge is -2.13. The molecule has 2 atom stereocenters. The molecule has 1 fully saturated rings. The predicted octanol–water partition coefficient (Wildman–Crippen LogP) is 1.99. The van der Waals surface area contributed by atoms with Gasteiger partial charge in [-0.3, -0.25) is 4.79 Å². The van der Waals surface area contributed by atoms with Gasteiger partial charge < -0.3 is 15.2 Å². The van der Waals surface area contributed by atoms with E-state index in [-0.39, 0.29) is 6.10 Å². The van der Waals surface area contributed by atoms with Crippen LogP contribution in [0.5, 0.6) is 0 Å². The number of thioether (sulfide) groups is 1. The van der Waals surface area contributed by atoms with Gasteiger partial charge in [0.05, 0.1) is 11.7 Å². The molecule has 1 aromatic carbocycles. The van der Waals surface area contributed by atoms with Gasteiger partial charge in [-0.1, -0.05) is 12.1 Å². The van der Waals surface area contributed by atoms with Gasteiger partial charge in [-0.15, -0.1) is 11.8 Å². The van der Waals surface area contributed by atoms with Crippen molar-refractivity contribution in [2.45, 2.75) is 36.9 Å². The Bertz CT molecular complexity index is 514. The average Bonchev–Trinajstić information content (AvgIpc) is 2.98. The van der Waals surface area contributed by atoms with Crippen molar-refractivity contribution in [3.8, 4) is 0 Å². The Morgan fingerprint density at radius 2 is 2.24 bits per heavy atom. The third-order valence-electron chi connectivity index (χ3n) is 3.24. The number of ether oxygens (including phenoxy) is 2. The second-order valence-electron chi connectivity index (χ2n) is 4.89. The second kappa shape index (κ2) is 7.47. The van der Waals surface area contributed by atoms with E-state index in [0.29, 0.717) is 5.56 Å². The molecule has 0 saturated carbocycles. The number of hydrogen-bond donors (Lipinski definition) is 1. The van der Waals surface area contributed by atoms with Crippen LogP contribution in [0.2, 0.25) is 0 Å². The fourth-order valence-electron chi connectivity index (χ4n) is 2.00. The second-order valence-corrected chi connectivity index (χ2v) is 5.95. The number of amides is 1. The molecule has 1 heterocycles. The number of benzene rings is 1. The minimum atomic E-state index is -0.936. The Balaban J connectivity index is 2.01. The van der Waals surface area contributed by atoms with Crippen molar-refractivity contribution >= 4 is 23.6 Å². The molecule has 0 aromatic heterocycles. The third-order valence-corrected chi connectivity index (χ3v) is 4.45. The highest BCUT2D eigenvalue weighted by atomic mass is 32.2. The monoisotopic (exact) mass is 309 g/mol. The Labute approximate surface area is 128 Å². The minimum absolute atomic E-state index is 0.239. The van der Waals surface area contributed by atoms with Gasteiger partial charge in [0.25, 0.3) is 5.91 Å². The number of carbonyl (C=O) groups excluding carboxylic acids is 2. The molecule has 1 amide bonds. The van der Waals surface area contributed by atoms with E-state index in [2.05, 4.69) is 0 Å². The van der Waals surface area contributed by atoms with Crippen LogP contribution < -0.4 is 5.73 Å². The van der Waals surface area contributed by atoms with Gasteiger partial charge >= 0.3 is 5.97 Å². The first-order valence-electron chi connectivity index (χ1n) is 6.91. The molecular weight excluding hydrogens is 290 g/mol. The van der Waals surface area contributed by atoms with Crippen molar-refractivity contribution in [2.24, 2.45) is 5.73 Å². The molecule has 5 nitrogen and oxygen atoms in total. The van der Waals surface area contributed by atoms with Crippen LogP contribution in [0.4, 0.5) is 0 Å². The van der Waals surface area contributed by atoms with Crippen LogP contribution in [-0.2, 0) is 14.3 Å². The normalized spacial score (nSPS) is 19.2. The van der Waals surface area contributed by atoms with Crippen molar-refractivity contribution < 1.29 is 19.1 Å². The van der Waals surface area contributed by atoms with E-state index < -0.39 is 18.0 Å². The summed E-state index contributed by atoms with van der Waals surface area (Å²) in [5.41, 5.74) is 5.56. The summed E-state index contributed by atoms with van der Waals surface area (Å²) in [4.78, 5) is 23.9. The van der Waals surface area contributed by atoms with Crippen molar-refractivity contribution in [1.82, 2.24) is 0 Å². The molecule has 0 bridgehead atoms. The highest BCUT2D eigenvalue weighted by Crippen LogP contribution is 2.27. The van der Waals surface area contributed by atoms with Crippen LogP contribution >= 0.6 is 11.8 Å². The van der Waals surface area contributed by atoms with Gasteiger partial charge in [0, 0.05) is 17.3 Å². The number of hydrogen-bond acceptors (Lipinski definition) is 5. The van der Waals surface area contributed by atoms with Gasteiger partial charge in [0.1, 0.15) is 0 Å². The number of nitrogens with two attached hydrogens (primary N) is 1. The van der Waals surface area contributed by atoms with E-state index in [1.807, 2.05) is 12.1 Å². The maximum Gasteiger partial charge on any atom is 0.340 e. The van der Waals surface area contributed by atoms with Gasteiger partial charge in [0.2, 0.25) is 0 Å². The zero-order valence-electron chi connectivity index (χ0n) is 11.9. The van der Waals surface area contributed by atoms with Crippen LogP contribution in [0.3, 0.4) is 0 Å². The summed E-state index contributed by atoms with van der Waals surface area (Å²) in [6.45, 7) is 2.27. The van der Waals surface area contributed by atoms with Crippen molar-refractivity contribution in [3.63, 3.8) is 0 Å². The first kappa shape index (κ1) is 15.9. The number of primary amides is 1. The third kappa shape index (κ3) is 4.47. The Hall–Kier alpha value is -1.53. The summed E-state index contributed by atoms with van der Waals surface area (Å²) >= 11 is 1.57. The van der Waals surface area contributed by atoms with Crippen LogP contribution in [0.25, 0.3) is 0 Å². The fraction of sp³-hybridized carbons (Fsp3) is 0.467. The lowest BCUT2D eigenvalue weighted by molar-refractivity contribution is -0.125. The summed E-state index contributed by atoms with van der Waals surface area (Å²) < 4.78 is 10.6. The molecule has 1 aliphatic heterocycles. The number of rotatable bonds is 6. The van der Waals surface area contributed by atoms with E-state index in [1.54, 1.807) is 23.9 Å². The molecule has 0 spiro atoms. The first-order valence-corrected chi connectivity index (χ1v) is 7.90. The molecule has 2 rings (SSSR count). The molecule has 2 N–H and O–H groups in total. The molecule has 1 saturated heterocycles. The van der Waals surface area contributed by atoms with Gasteiger partial charge in [-0.25, -0.2) is 4.79 Å². The molecule has 114 valence electrons. The van der Waals surface area contributed by atoms with E-state index in [0.717, 1.165) is 30.1 Å². The Morgan fingerprint density at radius 1 is 1.48 bits per heavy atom. The summed E-state index contributed by atoms with van der Waals surface area (Å²) in [6.07, 6.45) is 1.45. The highest BCUT2D eigenvalue weighted by molar-refractivity contribution is 7.99. The van der Waals surface area contributed by atoms with Crippen LogP contribution in [-0.4, -0.2) is 36.4 Å². The summed E-state index contributed by atoms with van der Waals surface area (Å²) in [5.74, 6) is -0.389. The maximum atomic E-state index is 12.1. The van der Waals surface area contributed by atoms with E-state index >= 15 is 0 Å². The lowest BCUT2D eigenvalue weighted by Crippen LogP contribution is -2.30. The largest absolute Gasteiger partial charge is 0.449 e.